The Morgan fingerprint density at radius 1 is 0.959 bits per heavy atom. The van der Waals surface area contributed by atoms with Crippen molar-refractivity contribution in [1.82, 2.24) is 29.5 Å². The number of carbonyl (C=O) groups is 1. The van der Waals surface area contributed by atoms with Crippen molar-refractivity contribution >= 4 is 17.0 Å². The maximum absolute atomic E-state index is 15.7. The average molecular weight is 673 g/mol. The first-order valence-electron chi connectivity index (χ1n) is 15.2. The molecular formula is C35H28F4N6O4. The lowest BCUT2D eigenvalue weighted by molar-refractivity contribution is 0.0697. The number of ether oxygens (including phenoxy) is 2. The molecule has 0 bridgehead atoms. The van der Waals surface area contributed by atoms with Gasteiger partial charge >= 0.3 is 5.97 Å². The summed E-state index contributed by atoms with van der Waals surface area (Å²) < 4.78 is 75.3. The van der Waals surface area contributed by atoms with Crippen LogP contribution in [-0.4, -0.2) is 53.8 Å². The Morgan fingerprint density at radius 2 is 1.78 bits per heavy atom. The molecule has 1 aliphatic rings. The number of aromatic carboxylic acids is 1. The van der Waals surface area contributed by atoms with E-state index in [4.69, 9.17) is 9.47 Å². The Kier molecular flexibility index (Phi) is 8.11. The van der Waals surface area contributed by atoms with Crippen LogP contribution in [0.3, 0.4) is 0 Å². The van der Waals surface area contributed by atoms with E-state index < -0.39 is 35.1 Å². The van der Waals surface area contributed by atoms with E-state index in [1.807, 2.05) is 18.4 Å². The Morgan fingerprint density at radius 3 is 2.49 bits per heavy atom. The lowest BCUT2D eigenvalue weighted by Crippen LogP contribution is -2.27. The van der Waals surface area contributed by atoms with E-state index in [2.05, 4.69) is 20.3 Å². The van der Waals surface area contributed by atoms with E-state index in [-0.39, 0.29) is 52.4 Å². The number of nitrogens with zero attached hydrogens (tertiary/aromatic N) is 6. The SMILES string of the molecule is CC1(C)COC[C@H]1n1c(Cc2cc(F)c(-c3ccc(F)c(OCc4ccc(-n5ccnn5)cc4F)n3)cc2F)nc2ccc(C(=O)O)cc21. The van der Waals surface area contributed by atoms with Gasteiger partial charge in [0.05, 0.1) is 59.6 Å². The van der Waals surface area contributed by atoms with Crippen LogP contribution >= 0.6 is 0 Å². The Labute approximate surface area is 276 Å². The summed E-state index contributed by atoms with van der Waals surface area (Å²) in [5.74, 6) is -4.29. The van der Waals surface area contributed by atoms with Crippen LogP contribution in [0.25, 0.3) is 28.0 Å². The molecule has 1 aliphatic heterocycles. The van der Waals surface area contributed by atoms with Crippen LogP contribution in [0.15, 0.2) is 73.1 Å². The van der Waals surface area contributed by atoms with Crippen LogP contribution in [0.2, 0.25) is 0 Å². The topological polar surface area (TPSA) is 117 Å². The molecule has 4 heterocycles. The molecule has 7 rings (SSSR count). The van der Waals surface area contributed by atoms with Crippen molar-refractivity contribution in [3.05, 3.63) is 119 Å². The van der Waals surface area contributed by atoms with Crippen molar-refractivity contribution in [2.24, 2.45) is 5.41 Å². The molecule has 1 atom stereocenters. The summed E-state index contributed by atoms with van der Waals surface area (Å²) >= 11 is 0. The van der Waals surface area contributed by atoms with Crippen molar-refractivity contribution in [3.8, 4) is 22.8 Å². The first-order valence-corrected chi connectivity index (χ1v) is 15.2. The molecule has 0 radical (unpaired) electrons. The molecule has 0 amide bonds. The number of hydrogen-bond acceptors (Lipinski definition) is 7. The molecule has 0 unspecified atom stereocenters. The van der Waals surface area contributed by atoms with Gasteiger partial charge in [-0.3, -0.25) is 0 Å². The van der Waals surface area contributed by atoms with E-state index in [9.17, 15) is 18.7 Å². The lowest BCUT2D eigenvalue weighted by Gasteiger charge is -2.28. The minimum absolute atomic E-state index is 0.00335. The fourth-order valence-corrected chi connectivity index (χ4v) is 5.98. The molecule has 1 N–H and O–H groups in total. The zero-order valence-electron chi connectivity index (χ0n) is 26.2. The van der Waals surface area contributed by atoms with Crippen molar-refractivity contribution in [3.63, 3.8) is 0 Å². The second kappa shape index (κ2) is 12.4. The smallest absolute Gasteiger partial charge is 0.335 e. The normalized spacial score (nSPS) is 15.6. The number of fused-ring (bicyclic) bond motifs is 1. The highest BCUT2D eigenvalue weighted by Gasteiger charge is 2.39. The van der Waals surface area contributed by atoms with Crippen molar-refractivity contribution in [2.45, 2.75) is 32.9 Å². The summed E-state index contributed by atoms with van der Waals surface area (Å²) in [5, 5.41) is 17.1. The number of rotatable bonds is 9. The lowest BCUT2D eigenvalue weighted by atomic mass is 9.87. The van der Waals surface area contributed by atoms with Gasteiger partial charge in [-0.05, 0) is 54.1 Å². The molecule has 3 aromatic carbocycles. The Bertz CT molecular complexity index is 2220. The summed E-state index contributed by atoms with van der Waals surface area (Å²) in [6.45, 7) is 4.42. The first kappa shape index (κ1) is 31.9. The van der Waals surface area contributed by atoms with E-state index >= 15 is 8.78 Å². The molecule has 0 aliphatic carbocycles. The number of carboxylic acid groups (broad SMARTS) is 1. The molecule has 49 heavy (non-hydrogen) atoms. The van der Waals surface area contributed by atoms with Crippen LogP contribution in [0.4, 0.5) is 17.6 Å². The highest BCUT2D eigenvalue weighted by Crippen LogP contribution is 2.41. The van der Waals surface area contributed by atoms with Gasteiger partial charge in [-0.25, -0.2) is 37.0 Å². The van der Waals surface area contributed by atoms with Gasteiger partial charge in [0, 0.05) is 29.0 Å². The molecule has 6 aromatic rings. The van der Waals surface area contributed by atoms with Crippen LogP contribution in [0.5, 0.6) is 5.88 Å². The number of pyridine rings is 1. The third kappa shape index (κ3) is 6.10. The third-order valence-electron chi connectivity index (χ3n) is 8.64. The summed E-state index contributed by atoms with van der Waals surface area (Å²) in [6.07, 6.45) is 2.88. The molecule has 1 fully saturated rings. The van der Waals surface area contributed by atoms with Crippen molar-refractivity contribution in [2.75, 3.05) is 13.2 Å². The van der Waals surface area contributed by atoms with Crippen LogP contribution in [0.1, 0.15) is 47.2 Å². The van der Waals surface area contributed by atoms with E-state index in [1.165, 1.54) is 41.2 Å². The second-order valence-electron chi connectivity index (χ2n) is 12.4. The second-order valence-corrected chi connectivity index (χ2v) is 12.4. The van der Waals surface area contributed by atoms with Gasteiger partial charge in [-0.2, -0.15) is 0 Å². The molecule has 10 nitrogen and oxygen atoms in total. The number of halogens is 4. The highest BCUT2D eigenvalue weighted by atomic mass is 19.1. The maximum atomic E-state index is 15.7. The highest BCUT2D eigenvalue weighted by molar-refractivity contribution is 5.92. The standard InChI is InChI=1S/C35H28F4N6O4/c1-35(2)18-48-17-31(35)45-30-12-19(34(46)47)4-7-29(30)41-32(45)13-21-11-27(39)23(15-26(21)38)28-8-6-24(36)33(42-28)49-16-20-3-5-22(14-25(20)37)44-10-9-40-43-44/h3-12,14-15,31H,13,16-18H2,1-2H3,(H,46,47)/t31-/m1/s1. The molecule has 14 heteroatoms. The molecule has 0 spiro atoms. The zero-order chi connectivity index (χ0) is 34.4. The minimum Gasteiger partial charge on any atom is -0.478 e. The Balaban J connectivity index is 1.17. The van der Waals surface area contributed by atoms with E-state index in [1.54, 1.807) is 18.3 Å². The summed E-state index contributed by atoms with van der Waals surface area (Å²) in [6, 6.07) is 12.8. The van der Waals surface area contributed by atoms with Crippen LogP contribution in [0, 0.1) is 28.7 Å². The van der Waals surface area contributed by atoms with Gasteiger partial charge in [-0.15, -0.1) is 5.10 Å². The van der Waals surface area contributed by atoms with E-state index in [0.717, 1.165) is 18.2 Å². The van der Waals surface area contributed by atoms with Gasteiger partial charge in [0.2, 0.25) is 0 Å². The minimum atomic E-state index is -1.10. The zero-order valence-corrected chi connectivity index (χ0v) is 26.2. The number of imidazole rings is 1. The molecule has 1 saturated heterocycles. The van der Waals surface area contributed by atoms with Crippen LogP contribution in [-0.2, 0) is 17.8 Å². The number of carboxylic acids is 1. The predicted molar refractivity (Wildman–Crippen MR) is 168 cm³/mol. The quantitative estimate of drug-likeness (QED) is 0.169. The Hall–Kier alpha value is -5.63. The number of aromatic nitrogens is 6. The van der Waals surface area contributed by atoms with Gasteiger partial charge in [-0.1, -0.05) is 25.1 Å². The number of benzene rings is 3. The van der Waals surface area contributed by atoms with Crippen LogP contribution < -0.4 is 4.74 Å². The largest absolute Gasteiger partial charge is 0.478 e. The summed E-state index contributed by atoms with van der Waals surface area (Å²) in [7, 11) is 0. The van der Waals surface area contributed by atoms with E-state index in [0.29, 0.717) is 35.8 Å². The fourth-order valence-electron chi connectivity index (χ4n) is 5.98. The summed E-state index contributed by atoms with van der Waals surface area (Å²) in [4.78, 5) is 20.5. The van der Waals surface area contributed by atoms with Gasteiger partial charge in [0.1, 0.15) is 29.9 Å². The molecule has 0 saturated carbocycles. The first-order chi connectivity index (χ1) is 23.5. The molecule has 250 valence electrons. The van der Waals surface area contributed by atoms with Crippen molar-refractivity contribution < 1.29 is 36.9 Å². The third-order valence-corrected chi connectivity index (χ3v) is 8.64. The number of hydrogen-bond donors (Lipinski definition) is 1. The average Bonchev–Trinajstić information content (AvgIpc) is 3.81. The van der Waals surface area contributed by atoms with Crippen molar-refractivity contribution in [1.29, 1.82) is 0 Å². The summed E-state index contributed by atoms with van der Waals surface area (Å²) in [5.41, 5.74) is 0.965. The molecular weight excluding hydrogens is 644 g/mol. The predicted octanol–water partition coefficient (Wildman–Crippen LogP) is 6.70. The fraction of sp³-hybridized carbons (Fsp3) is 0.229. The molecule has 3 aromatic heterocycles. The maximum Gasteiger partial charge on any atom is 0.335 e. The van der Waals surface area contributed by atoms with Gasteiger partial charge in [0.15, 0.2) is 5.82 Å². The monoisotopic (exact) mass is 672 g/mol. The van der Waals surface area contributed by atoms with Gasteiger partial charge < -0.3 is 19.1 Å². The van der Waals surface area contributed by atoms with Gasteiger partial charge in [0.25, 0.3) is 5.88 Å².